The molecule has 17 heavy (non-hydrogen) atoms. The van der Waals surface area contributed by atoms with Crippen molar-refractivity contribution in [2.75, 3.05) is 19.6 Å². The summed E-state index contributed by atoms with van der Waals surface area (Å²) in [5.41, 5.74) is 0.523. The molecule has 4 heteroatoms. The normalized spacial score (nSPS) is 19.4. The van der Waals surface area contributed by atoms with Crippen LogP contribution in [0.5, 0.6) is 0 Å². The Bertz CT molecular complexity index is 345. The number of halogens is 1. The number of thiophene rings is 1. The highest BCUT2D eigenvalue weighted by Crippen LogP contribution is 2.32. The van der Waals surface area contributed by atoms with Crippen LogP contribution in [0.3, 0.4) is 0 Å². The lowest BCUT2D eigenvalue weighted by Gasteiger charge is -2.37. The molecule has 0 amide bonds. The number of nitrogens with one attached hydrogen (secondary N) is 2. The van der Waals surface area contributed by atoms with E-state index in [2.05, 4.69) is 44.9 Å². The van der Waals surface area contributed by atoms with Gasteiger partial charge in [-0.2, -0.15) is 0 Å². The minimum atomic E-state index is 0.523. The number of hydrogen-bond donors (Lipinski definition) is 2. The average Bonchev–Trinajstić information content (AvgIpc) is 2.76. The molecule has 1 aliphatic rings. The fourth-order valence-electron chi connectivity index (χ4n) is 2.50. The van der Waals surface area contributed by atoms with E-state index in [1.807, 2.05) is 11.3 Å². The van der Waals surface area contributed by atoms with Crippen molar-refractivity contribution in [3.63, 3.8) is 0 Å². The van der Waals surface area contributed by atoms with Crippen LogP contribution in [0.4, 0.5) is 0 Å². The first-order valence-corrected chi connectivity index (χ1v) is 8.06. The summed E-state index contributed by atoms with van der Waals surface area (Å²) in [6.45, 7) is 6.83. The predicted molar refractivity (Wildman–Crippen MR) is 78.6 cm³/mol. The molecular weight excluding hydrogens is 296 g/mol. The van der Waals surface area contributed by atoms with E-state index in [1.54, 1.807) is 0 Å². The van der Waals surface area contributed by atoms with Crippen LogP contribution in [-0.2, 0) is 6.54 Å². The minimum absolute atomic E-state index is 0.523. The van der Waals surface area contributed by atoms with Crippen LogP contribution in [0.15, 0.2) is 15.9 Å². The van der Waals surface area contributed by atoms with E-state index in [-0.39, 0.29) is 0 Å². The first-order valence-electron chi connectivity index (χ1n) is 6.39. The molecule has 1 aromatic heterocycles. The number of rotatable bonds is 5. The van der Waals surface area contributed by atoms with Gasteiger partial charge in [0, 0.05) is 22.4 Å². The van der Waals surface area contributed by atoms with Crippen molar-refractivity contribution >= 4 is 27.3 Å². The summed E-state index contributed by atoms with van der Waals surface area (Å²) in [7, 11) is 0. The quantitative estimate of drug-likeness (QED) is 0.870. The Morgan fingerprint density at radius 1 is 1.47 bits per heavy atom. The Morgan fingerprint density at radius 3 is 2.82 bits per heavy atom. The van der Waals surface area contributed by atoms with Crippen molar-refractivity contribution in [1.82, 2.24) is 10.6 Å². The van der Waals surface area contributed by atoms with Gasteiger partial charge in [-0.05, 0) is 65.1 Å². The molecule has 1 aliphatic heterocycles. The lowest BCUT2D eigenvalue weighted by molar-refractivity contribution is 0.185. The molecule has 0 radical (unpaired) electrons. The van der Waals surface area contributed by atoms with Gasteiger partial charge in [0.05, 0.1) is 0 Å². The number of piperidine rings is 1. The lowest BCUT2D eigenvalue weighted by Crippen LogP contribution is -2.42. The summed E-state index contributed by atoms with van der Waals surface area (Å²) in [5, 5.41) is 9.24. The largest absolute Gasteiger partial charge is 0.317 e. The molecule has 1 saturated heterocycles. The van der Waals surface area contributed by atoms with Crippen molar-refractivity contribution in [2.45, 2.75) is 32.7 Å². The molecule has 0 bridgehead atoms. The molecule has 2 rings (SSSR count). The maximum atomic E-state index is 3.64. The van der Waals surface area contributed by atoms with Gasteiger partial charge in [0.15, 0.2) is 0 Å². The van der Waals surface area contributed by atoms with Crippen LogP contribution in [0.2, 0.25) is 0 Å². The Kier molecular flexibility index (Phi) is 5.03. The van der Waals surface area contributed by atoms with Crippen molar-refractivity contribution < 1.29 is 0 Å². The zero-order valence-corrected chi connectivity index (χ0v) is 12.8. The fourth-order valence-corrected chi connectivity index (χ4v) is 3.97. The molecule has 0 aromatic carbocycles. The summed E-state index contributed by atoms with van der Waals surface area (Å²) in [4.78, 5) is 1.41. The molecule has 96 valence electrons. The van der Waals surface area contributed by atoms with Crippen LogP contribution in [0.1, 0.15) is 31.1 Å². The van der Waals surface area contributed by atoms with Crippen molar-refractivity contribution in [1.29, 1.82) is 0 Å². The van der Waals surface area contributed by atoms with E-state index >= 15 is 0 Å². The Hall–Kier alpha value is 0.1000. The maximum absolute atomic E-state index is 3.64. The van der Waals surface area contributed by atoms with Crippen LogP contribution >= 0.6 is 27.3 Å². The maximum Gasteiger partial charge on any atom is 0.0327 e. The number of hydrogen-bond acceptors (Lipinski definition) is 3. The summed E-state index contributed by atoms with van der Waals surface area (Å²) in [6.07, 6.45) is 3.90. The van der Waals surface area contributed by atoms with Crippen LogP contribution in [0, 0.1) is 5.41 Å². The van der Waals surface area contributed by atoms with E-state index in [0.29, 0.717) is 5.41 Å². The molecule has 2 heterocycles. The molecule has 0 spiro atoms. The monoisotopic (exact) mass is 316 g/mol. The Balaban J connectivity index is 1.82. The third-order valence-electron chi connectivity index (χ3n) is 3.89. The molecule has 0 unspecified atom stereocenters. The van der Waals surface area contributed by atoms with Gasteiger partial charge in [0.1, 0.15) is 0 Å². The second-order valence-corrected chi connectivity index (χ2v) is 6.75. The highest BCUT2D eigenvalue weighted by Gasteiger charge is 2.29. The van der Waals surface area contributed by atoms with Gasteiger partial charge < -0.3 is 10.6 Å². The lowest BCUT2D eigenvalue weighted by atomic mass is 9.76. The van der Waals surface area contributed by atoms with Gasteiger partial charge in [0.2, 0.25) is 0 Å². The molecule has 1 fully saturated rings. The summed E-state index contributed by atoms with van der Waals surface area (Å²) in [5.74, 6) is 0. The smallest absolute Gasteiger partial charge is 0.0327 e. The predicted octanol–water partition coefficient (Wildman–Crippen LogP) is 3.38. The average molecular weight is 317 g/mol. The highest BCUT2D eigenvalue weighted by molar-refractivity contribution is 9.10. The van der Waals surface area contributed by atoms with E-state index in [9.17, 15) is 0 Å². The summed E-state index contributed by atoms with van der Waals surface area (Å²) in [6, 6.07) is 2.13. The van der Waals surface area contributed by atoms with E-state index < -0.39 is 0 Å². The second-order valence-electron chi connectivity index (χ2n) is 4.90. The van der Waals surface area contributed by atoms with Gasteiger partial charge >= 0.3 is 0 Å². The van der Waals surface area contributed by atoms with Crippen LogP contribution in [-0.4, -0.2) is 19.6 Å². The van der Waals surface area contributed by atoms with E-state index in [1.165, 1.54) is 41.7 Å². The second kappa shape index (κ2) is 6.32. The van der Waals surface area contributed by atoms with Gasteiger partial charge in [-0.3, -0.25) is 0 Å². The summed E-state index contributed by atoms with van der Waals surface area (Å²) >= 11 is 5.40. The van der Waals surface area contributed by atoms with Crippen molar-refractivity contribution in [3.05, 3.63) is 20.8 Å². The van der Waals surface area contributed by atoms with Gasteiger partial charge in [0.25, 0.3) is 0 Å². The third kappa shape index (κ3) is 3.53. The van der Waals surface area contributed by atoms with Crippen LogP contribution in [0.25, 0.3) is 0 Å². The fraction of sp³-hybridized carbons (Fsp3) is 0.692. The van der Waals surface area contributed by atoms with Crippen molar-refractivity contribution in [3.8, 4) is 0 Å². The molecule has 0 aliphatic carbocycles. The van der Waals surface area contributed by atoms with E-state index in [4.69, 9.17) is 0 Å². The van der Waals surface area contributed by atoms with Crippen molar-refractivity contribution in [2.24, 2.45) is 5.41 Å². The zero-order valence-electron chi connectivity index (χ0n) is 10.4. The van der Waals surface area contributed by atoms with Gasteiger partial charge in [-0.15, -0.1) is 11.3 Å². The SMILES string of the molecule is CCC1(CNCc2sccc2Br)CCNCC1. The standard InChI is InChI=1S/C13H21BrN2S/c1-2-13(4-6-15-7-5-13)10-16-9-12-11(14)3-8-17-12/h3,8,15-16H,2,4-7,9-10H2,1H3. The Labute approximate surface area is 116 Å². The van der Waals surface area contributed by atoms with Gasteiger partial charge in [-0.25, -0.2) is 0 Å². The highest BCUT2D eigenvalue weighted by atomic mass is 79.9. The Morgan fingerprint density at radius 2 is 2.24 bits per heavy atom. The summed E-state index contributed by atoms with van der Waals surface area (Å²) < 4.78 is 1.24. The molecule has 0 saturated carbocycles. The molecule has 1 aromatic rings. The zero-order chi connectivity index (χ0) is 12.1. The first kappa shape index (κ1) is 13.5. The minimum Gasteiger partial charge on any atom is -0.317 e. The molecule has 0 atom stereocenters. The van der Waals surface area contributed by atoms with Crippen LogP contribution < -0.4 is 10.6 Å². The third-order valence-corrected chi connectivity index (χ3v) is 5.82. The topological polar surface area (TPSA) is 24.1 Å². The van der Waals surface area contributed by atoms with Gasteiger partial charge in [-0.1, -0.05) is 6.92 Å². The van der Waals surface area contributed by atoms with E-state index in [0.717, 1.165) is 13.1 Å². The molecule has 2 nitrogen and oxygen atoms in total. The first-order chi connectivity index (χ1) is 8.26. The molecule has 2 N–H and O–H groups in total. The molecular formula is C13H21BrN2S.